The van der Waals surface area contributed by atoms with Crippen LogP contribution in [-0.4, -0.2) is 30.8 Å². The summed E-state index contributed by atoms with van der Waals surface area (Å²) < 4.78 is 7.25. The number of fused-ring (bicyclic) bond motifs is 3. The zero-order valence-corrected chi connectivity index (χ0v) is 15.7. The van der Waals surface area contributed by atoms with Crippen LogP contribution in [0.1, 0.15) is 36.7 Å². The molecule has 28 heavy (non-hydrogen) atoms. The Morgan fingerprint density at radius 3 is 2.89 bits per heavy atom. The molecule has 0 saturated heterocycles. The topological polar surface area (TPSA) is 76.5 Å². The van der Waals surface area contributed by atoms with Crippen molar-refractivity contribution in [2.45, 2.75) is 39.3 Å². The molecule has 0 N–H and O–H groups in total. The first kappa shape index (κ1) is 16.9. The fraction of sp³-hybridized carbons (Fsp3) is 0.333. The summed E-state index contributed by atoms with van der Waals surface area (Å²) in [5.41, 5.74) is 3.84. The Morgan fingerprint density at radius 2 is 2.14 bits per heavy atom. The maximum Gasteiger partial charge on any atom is 0.226 e. The van der Waals surface area contributed by atoms with Gasteiger partial charge < -0.3 is 9.32 Å². The van der Waals surface area contributed by atoms with E-state index in [9.17, 15) is 4.79 Å². The third-order valence-electron chi connectivity index (χ3n) is 5.34. The van der Waals surface area contributed by atoms with Gasteiger partial charge in [0.05, 0.1) is 18.3 Å². The quantitative estimate of drug-likeness (QED) is 0.516. The molecular weight excluding hydrogens is 354 g/mol. The van der Waals surface area contributed by atoms with E-state index in [1.807, 2.05) is 17.0 Å². The minimum Gasteiger partial charge on any atom is -0.467 e. The zero-order chi connectivity index (χ0) is 19.1. The zero-order valence-electron chi connectivity index (χ0n) is 15.7. The normalized spacial score (nSPS) is 14.0. The van der Waals surface area contributed by atoms with Crippen LogP contribution in [0.3, 0.4) is 0 Å². The highest BCUT2D eigenvalue weighted by Crippen LogP contribution is 2.32. The van der Waals surface area contributed by atoms with Crippen LogP contribution < -0.4 is 0 Å². The first-order valence-electron chi connectivity index (χ1n) is 9.66. The molecule has 1 aliphatic carbocycles. The predicted molar refractivity (Wildman–Crippen MR) is 103 cm³/mol. The first-order chi connectivity index (χ1) is 13.7. The molecule has 0 spiro atoms. The number of aryl methyl sites for hydroxylation is 1. The van der Waals surface area contributed by atoms with Gasteiger partial charge >= 0.3 is 0 Å². The number of benzene rings is 1. The molecule has 0 bridgehead atoms. The molecular formula is C21H21N5O2. The van der Waals surface area contributed by atoms with Gasteiger partial charge in [0.1, 0.15) is 5.76 Å². The number of furan rings is 1. The molecule has 0 aliphatic heterocycles. The lowest BCUT2D eigenvalue weighted by Gasteiger charge is -2.22. The Hall–Kier alpha value is -3.22. The van der Waals surface area contributed by atoms with E-state index in [0.717, 1.165) is 41.5 Å². The molecule has 142 valence electrons. The number of hydrogen-bond donors (Lipinski definition) is 0. The Kier molecular flexibility index (Phi) is 4.07. The summed E-state index contributed by atoms with van der Waals surface area (Å²) in [7, 11) is 0. The van der Waals surface area contributed by atoms with E-state index >= 15 is 0 Å². The molecule has 1 fully saturated rings. The Labute approximate surface area is 161 Å². The van der Waals surface area contributed by atoms with Gasteiger partial charge in [0.25, 0.3) is 0 Å². The highest BCUT2D eigenvalue weighted by molar-refractivity contribution is 5.85. The average molecular weight is 375 g/mol. The molecule has 3 heterocycles. The number of carbonyl (C=O) groups excluding carboxylic acids is 1. The van der Waals surface area contributed by atoms with E-state index in [-0.39, 0.29) is 11.8 Å². The third-order valence-corrected chi connectivity index (χ3v) is 5.34. The fourth-order valence-corrected chi connectivity index (χ4v) is 3.65. The van der Waals surface area contributed by atoms with Gasteiger partial charge in [-0.15, -0.1) is 5.10 Å². The second-order valence-electron chi connectivity index (χ2n) is 7.38. The summed E-state index contributed by atoms with van der Waals surface area (Å²) in [6.07, 6.45) is 4.53. The summed E-state index contributed by atoms with van der Waals surface area (Å²) in [4.78, 5) is 14.8. The number of amides is 1. The number of carbonyl (C=O) groups is 1. The minimum absolute atomic E-state index is 0.133. The molecule has 1 aromatic carbocycles. The van der Waals surface area contributed by atoms with Gasteiger partial charge in [-0.3, -0.25) is 4.79 Å². The van der Waals surface area contributed by atoms with Crippen molar-refractivity contribution in [3.63, 3.8) is 0 Å². The molecule has 4 aromatic rings. The average Bonchev–Trinajstić information content (AvgIpc) is 3.21. The second kappa shape index (κ2) is 6.74. The van der Waals surface area contributed by atoms with Crippen molar-refractivity contribution in [2.24, 2.45) is 5.92 Å². The Balaban J connectivity index is 1.57. The monoisotopic (exact) mass is 375 g/mol. The van der Waals surface area contributed by atoms with Crippen molar-refractivity contribution in [1.29, 1.82) is 0 Å². The van der Waals surface area contributed by atoms with Gasteiger partial charge in [-0.25, -0.2) is 0 Å². The second-order valence-corrected chi connectivity index (χ2v) is 7.38. The molecule has 1 aliphatic rings. The Morgan fingerprint density at radius 1 is 1.25 bits per heavy atom. The van der Waals surface area contributed by atoms with Gasteiger partial charge in [-0.2, -0.15) is 4.52 Å². The van der Waals surface area contributed by atoms with Crippen LogP contribution in [0.2, 0.25) is 0 Å². The highest BCUT2D eigenvalue weighted by atomic mass is 16.3. The number of tetrazole rings is 1. The maximum atomic E-state index is 12.9. The first-order valence-corrected chi connectivity index (χ1v) is 9.66. The maximum absolute atomic E-state index is 12.9. The van der Waals surface area contributed by atoms with Crippen LogP contribution >= 0.6 is 0 Å². The van der Waals surface area contributed by atoms with E-state index in [0.29, 0.717) is 18.7 Å². The minimum atomic E-state index is 0.133. The van der Waals surface area contributed by atoms with Crippen molar-refractivity contribution in [3.8, 4) is 0 Å². The summed E-state index contributed by atoms with van der Waals surface area (Å²) in [5.74, 6) is 1.08. The SMILES string of the molecule is CCc1ccc2c(c1)cc(CN(Cc1ccco1)C(=O)C1CC1)c1nnnn12. The van der Waals surface area contributed by atoms with E-state index in [4.69, 9.17) is 4.42 Å². The lowest BCUT2D eigenvalue weighted by atomic mass is 10.1. The van der Waals surface area contributed by atoms with Crippen molar-refractivity contribution < 1.29 is 9.21 Å². The molecule has 5 rings (SSSR count). The smallest absolute Gasteiger partial charge is 0.226 e. The van der Waals surface area contributed by atoms with Gasteiger partial charge in [-0.1, -0.05) is 13.0 Å². The molecule has 1 amide bonds. The van der Waals surface area contributed by atoms with Gasteiger partial charge in [0.15, 0.2) is 5.65 Å². The molecule has 3 aromatic heterocycles. The number of hydrogen-bond acceptors (Lipinski definition) is 5. The molecule has 7 heteroatoms. The van der Waals surface area contributed by atoms with Crippen LogP contribution in [0.5, 0.6) is 0 Å². The third kappa shape index (κ3) is 3.02. The van der Waals surface area contributed by atoms with Crippen LogP contribution in [0.4, 0.5) is 0 Å². The number of rotatable bonds is 6. The van der Waals surface area contributed by atoms with Crippen molar-refractivity contribution in [1.82, 2.24) is 24.9 Å². The molecule has 7 nitrogen and oxygen atoms in total. The van der Waals surface area contributed by atoms with Gasteiger partial charge in [0.2, 0.25) is 5.91 Å². The van der Waals surface area contributed by atoms with Crippen LogP contribution in [0.15, 0.2) is 47.1 Å². The fourth-order valence-electron chi connectivity index (χ4n) is 3.65. The molecule has 0 atom stereocenters. The molecule has 1 saturated carbocycles. The van der Waals surface area contributed by atoms with Crippen LogP contribution in [0.25, 0.3) is 16.6 Å². The van der Waals surface area contributed by atoms with Crippen molar-refractivity contribution >= 4 is 22.5 Å². The summed E-state index contributed by atoms with van der Waals surface area (Å²) in [6.45, 7) is 3.03. The Bertz CT molecular complexity index is 1140. The van der Waals surface area contributed by atoms with E-state index in [1.54, 1.807) is 10.8 Å². The van der Waals surface area contributed by atoms with Gasteiger partial charge in [-0.05, 0) is 65.6 Å². The standard InChI is InChI=1S/C21H21N5O2/c1-2-14-5-8-19-16(10-14)11-17(20-22-23-24-26(19)20)12-25(21(27)15-6-7-15)13-18-4-3-9-28-18/h3-5,8-11,15H,2,6-7,12-13H2,1H3. The lowest BCUT2D eigenvalue weighted by Crippen LogP contribution is -2.31. The summed E-state index contributed by atoms with van der Waals surface area (Å²) in [5, 5.41) is 13.3. The number of pyridine rings is 1. The molecule has 0 radical (unpaired) electrons. The number of nitrogens with zero attached hydrogens (tertiary/aromatic N) is 5. The van der Waals surface area contributed by atoms with E-state index < -0.39 is 0 Å². The van der Waals surface area contributed by atoms with Gasteiger partial charge in [0, 0.05) is 23.4 Å². The van der Waals surface area contributed by atoms with E-state index in [1.165, 1.54) is 5.56 Å². The number of aromatic nitrogens is 4. The van der Waals surface area contributed by atoms with Crippen molar-refractivity contribution in [3.05, 3.63) is 59.5 Å². The largest absolute Gasteiger partial charge is 0.467 e. The van der Waals surface area contributed by atoms with Crippen LogP contribution in [-0.2, 0) is 24.3 Å². The summed E-state index contributed by atoms with van der Waals surface area (Å²) >= 11 is 0. The van der Waals surface area contributed by atoms with E-state index in [2.05, 4.69) is 46.7 Å². The predicted octanol–water partition coefficient (Wildman–Crippen LogP) is 3.37. The lowest BCUT2D eigenvalue weighted by molar-refractivity contribution is -0.134. The van der Waals surface area contributed by atoms with Crippen LogP contribution in [0, 0.1) is 5.92 Å². The molecule has 0 unspecified atom stereocenters. The van der Waals surface area contributed by atoms with Crippen molar-refractivity contribution in [2.75, 3.05) is 0 Å². The summed E-state index contributed by atoms with van der Waals surface area (Å²) in [6, 6.07) is 12.2. The highest BCUT2D eigenvalue weighted by Gasteiger charge is 2.34.